The number of nitrogen functional groups attached to an aromatic ring is 1. The van der Waals surface area contributed by atoms with Gasteiger partial charge in [-0.25, -0.2) is 5.84 Å². The standard InChI is InChI=1S/C10H20N6O2/c1-3-16(6-5-7-17)9-12-8(15-11)13-10(14-9)18-4-2/h17H,3-7,11H2,1-2H3,(H,12,13,14,15). The average molecular weight is 256 g/mol. The predicted octanol–water partition coefficient (Wildman–Crippen LogP) is -0.235. The van der Waals surface area contributed by atoms with Crippen molar-refractivity contribution in [2.75, 3.05) is 36.6 Å². The maximum Gasteiger partial charge on any atom is 0.323 e. The third-order valence-corrected chi connectivity index (χ3v) is 2.26. The Labute approximate surface area is 106 Å². The van der Waals surface area contributed by atoms with Gasteiger partial charge in [-0.05, 0) is 20.3 Å². The number of aromatic nitrogens is 3. The van der Waals surface area contributed by atoms with Gasteiger partial charge in [-0.2, -0.15) is 15.0 Å². The van der Waals surface area contributed by atoms with Crippen LogP contribution >= 0.6 is 0 Å². The Morgan fingerprint density at radius 2 is 2.11 bits per heavy atom. The van der Waals surface area contributed by atoms with Crippen molar-refractivity contribution in [3.63, 3.8) is 0 Å². The van der Waals surface area contributed by atoms with Crippen LogP contribution in [0.5, 0.6) is 6.01 Å². The van der Waals surface area contributed by atoms with Crippen molar-refractivity contribution in [3.8, 4) is 6.01 Å². The third-order valence-electron chi connectivity index (χ3n) is 2.26. The van der Waals surface area contributed by atoms with E-state index in [1.54, 1.807) is 0 Å². The minimum atomic E-state index is 0.127. The molecule has 1 heterocycles. The largest absolute Gasteiger partial charge is 0.464 e. The number of rotatable bonds is 8. The number of hydrogen-bond donors (Lipinski definition) is 3. The maximum atomic E-state index is 8.86. The summed E-state index contributed by atoms with van der Waals surface area (Å²) in [7, 11) is 0. The topological polar surface area (TPSA) is 109 Å². The first-order chi connectivity index (χ1) is 8.74. The van der Waals surface area contributed by atoms with Gasteiger partial charge in [-0.1, -0.05) is 0 Å². The van der Waals surface area contributed by atoms with Gasteiger partial charge in [0.25, 0.3) is 0 Å². The minimum absolute atomic E-state index is 0.127. The summed E-state index contributed by atoms with van der Waals surface area (Å²) in [4.78, 5) is 14.3. The predicted molar refractivity (Wildman–Crippen MR) is 68.4 cm³/mol. The molecule has 1 aromatic rings. The fraction of sp³-hybridized carbons (Fsp3) is 0.700. The van der Waals surface area contributed by atoms with Gasteiger partial charge in [0.15, 0.2) is 0 Å². The highest BCUT2D eigenvalue weighted by Crippen LogP contribution is 2.14. The molecule has 0 bridgehead atoms. The van der Waals surface area contributed by atoms with Crippen LogP contribution in [0.4, 0.5) is 11.9 Å². The van der Waals surface area contributed by atoms with Crippen molar-refractivity contribution in [1.29, 1.82) is 0 Å². The lowest BCUT2D eigenvalue weighted by Gasteiger charge is -2.20. The number of hydrazine groups is 1. The monoisotopic (exact) mass is 256 g/mol. The molecule has 0 saturated carbocycles. The maximum absolute atomic E-state index is 8.86. The van der Waals surface area contributed by atoms with Gasteiger partial charge >= 0.3 is 6.01 Å². The highest BCUT2D eigenvalue weighted by molar-refractivity contribution is 5.37. The molecule has 0 aromatic carbocycles. The van der Waals surface area contributed by atoms with Crippen molar-refractivity contribution in [2.45, 2.75) is 20.3 Å². The molecule has 8 heteroatoms. The van der Waals surface area contributed by atoms with E-state index in [0.717, 1.165) is 6.54 Å². The average Bonchev–Trinajstić information content (AvgIpc) is 2.39. The minimum Gasteiger partial charge on any atom is -0.464 e. The fourth-order valence-corrected chi connectivity index (χ4v) is 1.41. The molecule has 102 valence electrons. The summed E-state index contributed by atoms with van der Waals surface area (Å²) < 4.78 is 5.25. The first kappa shape index (κ1) is 14.4. The van der Waals surface area contributed by atoms with Crippen LogP contribution < -0.4 is 20.9 Å². The number of anilines is 2. The molecular weight excluding hydrogens is 236 g/mol. The number of aliphatic hydroxyl groups excluding tert-OH is 1. The lowest BCUT2D eigenvalue weighted by molar-refractivity contribution is 0.289. The first-order valence-electron chi connectivity index (χ1n) is 5.96. The molecule has 8 nitrogen and oxygen atoms in total. The fourth-order valence-electron chi connectivity index (χ4n) is 1.41. The Morgan fingerprint density at radius 1 is 1.33 bits per heavy atom. The van der Waals surface area contributed by atoms with Crippen LogP contribution in [0.1, 0.15) is 20.3 Å². The van der Waals surface area contributed by atoms with Crippen molar-refractivity contribution >= 4 is 11.9 Å². The lowest BCUT2D eigenvalue weighted by Crippen LogP contribution is -2.27. The van der Waals surface area contributed by atoms with E-state index in [0.29, 0.717) is 25.5 Å². The molecule has 0 aliphatic heterocycles. The Kier molecular flexibility index (Phi) is 6.09. The first-order valence-corrected chi connectivity index (χ1v) is 5.96. The van der Waals surface area contributed by atoms with Crippen LogP contribution in [-0.4, -0.2) is 46.4 Å². The van der Waals surface area contributed by atoms with Crippen LogP contribution in [0.3, 0.4) is 0 Å². The van der Waals surface area contributed by atoms with Crippen LogP contribution in [0.25, 0.3) is 0 Å². The van der Waals surface area contributed by atoms with E-state index >= 15 is 0 Å². The van der Waals surface area contributed by atoms with Crippen LogP contribution in [-0.2, 0) is 0 Å². The molecule has 18 heavy (non-hydrogen) atoms. The second-order valence-corrected chi connectivity index (χ2v) is 3.48. The zero-order valence-corrected chi connectivity index (χ0v) is 10.8. The highest BCUT2D eigenvalue weighted by atomic mass is 16.5. The molecular formula is C10H20N6O2. The Morgan fingerprint density at radius 3 is 2.67 bits per heavy atom. The van der Waals surface area contributed by atoms with E-state index in [9.17, 15) is 0 Å². The van der Waals surface area contributed by atoms with Gasteiger partial charge in [0.2, 0.25) is 11.9 Å². The van der Waals surface area contributed by atoms with E-state index in [1.807, 2.05) is 18.7 Å². The van der Waals surface area contributed by atoms with Crippen molar-refractivity contribution < 1.29 is 9.84 Å². The summed E-state index contributed by atoms with van der Waals surface area (Å²) in [6, 6.07) is 0.234. The number of nitrogens with zero attached hydrogens (tertiary/aromatic N) is 4. The van der Waals surface area contributed by atoms with Crippen LogP contribution in [0, 0.1) is 0 Å². The number of nitrogens with one attached hydrogen (secondary N) is 1. The van der Waals surface area contributed by atoms with Crippen molar-refractivity contribution in [1.82, 2.24) is 15.0 Å². The molecule has 1 aromatic heterocycles. The Balaban J connectivity index is 2.93. The highest BCUT2D eigenvalue weighted by Gasteiger charge is 2.12. The van der Waals surface area contributed by atoms with Gasteiger partial charge in [-0.3, -0.25) is 5.43 Å². The number of nitrogens with two attached hydrogens (primary N) is 1. The molecule has 0 fully saturated rings. The summed E-state index contributed by atoms with van der Waals surface area (Å²) in [6.07, 6.45) is 0.648. The number of aliphatic hydroxyl groups is 1. The van der Waals surface area contributed by atoms with Crippen molar-refractivity contribution in [2.24, 2.45) is 5.84 Å². The van der Waals surface area contributed by atoms with Gasteiger partial charge in [0.1, 0.15) is 0 Å². The van der Waals surface area contributed by atoms with E-state index in [2.05, 4.69) is 20.4 Å². The lowest BCUT2D eigenvalue weighted by atomic mass is 10.4. The van der Waals surface area contributed by atoms with Crippen LogP contribution in [0.15, 0.2) is 0 Å². The summed E-state index contributed by atoms with van der Waals surface area (Å²) in [5, 5.41) is 8.86. The molecule has 0 spiro atoms. The van der Waals surface area contributed by atoms with Gasteiger partial charge in [-0.15, -0.1) is 0 Å². The zero-order valence-electron chi connectivity index (χ0n) is 10.8. The van der Waals surface area contributed by atoms with Crippen LogP contribution in [0.2, 0.25) is 0 Å². The second kappa shape index (κ2) is 7.62. The molecule has 0 radical (unpaired) electrons. The molecule has 0 atom stereocenters. The molecule has 0 aliphatic carbocycles. The van der Waals surface area contributed by atoms with E-state index in [-0.39, 0.29) is 18.6 Å². The number of hydrogen-bond acceptors (Lipinski definition) is 8. The van der Waals surface area contributed by atoms with Gasteiger partial charge in [0.05, 0.1) is 6.61 Å². The normalized spacial score (nSPS) is 10.2. The molecule has 0 saturated heterocycles. The molecule has 0 amide bonds. The number of ether oxygens (including phenoxy) is 1. The molecule has 4 N–H and O–H groups in total. The second-order valence-electron chi connectivity index (χ2n) is 3.48. The molecule has 0 unspecified atom stereocenters. The summed E-state index contributed by atoms with van der Waals surface area (Å²) in [5.41, 5.74) is 2.38. The third kappa shape index (κ3) is 3.97. The van der Waals surface area contributed by atoms with E-state index < -0.39 is 0 Å². The Bertz CT molecular complexity index is 362. The SMILES string of the molecule is CCOc1nc(NN)nc(N(CC)CCCO)n1. The smallest absolute Gasteiger partial charge is 0.323 e. The van der Waals surface area contributed by atoms with E-state index in [1.165, 1.54) is 0 Å². The van der Waals surface area contributed by atoms with Crippen molar-refractivity contribution in [3.05, 3.63) is 0 Å². The molecule has 0 aliphatic rings. The summed E-state index contributed by atoms with van der Waals surface area (Å²) >= 11 is 0. The van der Waals surface area contributed by atoms with Gasteiger partial charge < -0.3 is 14.7 Å². The van der Waals surface area contributed by atoms with E-state index in [4.69, 9.17) is 15.7 Å². The Hall–Kier alpha value is -1.67. The zero-order chi connectivity index (χ0) is 13.4. The quantitative estimate of drug-likeness (QED) is 0.432. The summed E-state index contributed by atoms with van der Waals surface area (Å²) in [5.74, 6) is 6.05. The molecule has 1 rings (SSSR count). The van der Waals surface area contributed by atoms with Gasteiger partial charge in [0, 0.05) is 19.7 Å². The summed E-state index contributed by atoms with van der Waals surface area (Å²) in [6.45, 7) is 5.81.